The summed E-state index contributed by atoms with van der Waals surface area (Å²) in [6.07, 6.45) is 0.398. The van der Waals surface area contributed by atoms with Crippen molar-refractivity contribution in [1.82, 2.24) is 14.5 Å². The second-order valence-corrected chi connectivity index (χ2v) is 8.82. The number of hydrogen-bond acceptors (Lipinski definition) is 5. The third-order valence-corrected chi connectivity index (χ3v) is 6.73. The van der Waals surface area contributed by atoms with Crippen LogP contribution in [0.25, 0.3) is 0 Å². The van der Waals surface area contributed by atoms with Crippen molar-refractivity contribution in [1.29, 1.82) is 0 Å². The Balaban J connectivity index is 1.90. The van der Waals surface area contributed by atoms with Gasteiger partial charge in [0.15, 0.2) is 0 Å². The molecule has 0 saturated carbocycles. The average molecular weight is 398 g/mol. The molecule has 7 nitrogen and oxygen atoms in total. The highest BCUT2D eigenvalue weighted by molar-refractivity contribution is 7.89. The number of rotatable bonds is 8. The monoisotopic (exact) mass is 397 g/mol. The lowest BCUT2D eigenvalue weighted by Gasteiger charge is -2.35. The molecule has 1 aliphatic heterocycles. The Morgan fingerprint density at radius 2 is 1.70 bits per heavy atom. The molecule has 1 amide bonds. The molecule has 1 heterocycles. The van der Waals surface area contributed by atoms with Crippen molar-refractivity contribution < 1.29 is 17.9 Å². The standard InChI is InChI=1S/C19H31N3O4S/c1-5-22(6-2)27(24,25)18-9-7-17(8-10-18)19(23)20-11-12-21-13-15(3)26-16(4)14-21/h7-10,15-16H,5-6,11-14H2,1-4H3,(H,20,23)/t15-,16-/m0/s1. The van der Waals surface area contributed by atoms with E-state index in [9.17, 15) is 13.2 Å². The van der Waals surface area contributed by atoms with Gasteiger partial charge in [0.1, 0.15) is 0 Å². The van der Waals surface area contributed by atoms with Gasteiger partial charge in [0.25, 0.3) is 5.91 Å². The van der Waals surface area contributed by atoms with E-state index in [4.69, 9.17) is 4.74 Å². The van der Waals surface area contributed by atoms with Crippen LogP contribution in [0.1, 0.15) is 38.1 Å². The molecule has 0 aromatic heterocycles. The number of carbonyl (C=O) groups is 1. The maximum Gasteiger partial charge on any atom is 0.251 e. The second kappa shape index (κ2) is 9.64. The van der Waals surface area contributed by atoms with Crippen molar-refractivity contribution in [2.75, 3.05) is 39.3 Å². The fraction of sp³-hybridized carbons (Fsp3) is 0.632. The van der Waals surface area contributed by atoms with Crippen LogP contribution in [0.4, 0.5) is 0 Å². The summed E-state index contributed by atoms with van der Waals surface area (Å²) in [4.78, 5) is 14.8. The summed E-state index contributed by atoms with van der Waals surface area (Å²) >= 11 is 0. The molecule has 0 spiro atoms. The molecule has 152 valence electrons. The van der Waals surface area contributed by atoms with Crippen LogP contribution in [-0.4, -0.2) is 75.0 Å². The Hall–Kier alpha value is -1.48. The number of nitrogens with zero attached hydrogens (tertiary/aromatic N) is 2. The van der Waals surface area contributed by atoms with Gasteiger partial charge in [-0.1, -0.05) is 13.8 Å². The lowest BCUT2D eigenvalue weighted by molar-refractivity contribution is -0.0672. The highest BCUT2D eigenvalue weighted by Crippen LogP contribution is 2.16. The summed E-state index contributed by atoms with van der Waals surface area (Å²) in [5.74, 6) is -0.198. The molecule has 0 unspecified atom stereocenters. The zero-order chi connectivity index (χ0) is 20.0. The quantitative estimate of drug-likeness (QED) is 0.720. The van der Waals surface area contributed by atoms with E-state index >= 15 is 0 Å². The molecule has 2 atom stereocenters. The van der Waals surface area contributed by atoms with E-state index in [1.807, 2.05) is 0 Å². The zero-order valence-electron chi connectivity index (χ0n) is 16.6. The van der Waals surface area contributed by atoms with E-state index < -0.39 is 10.0 Å². The summed E-state index contributed by atoms with van der Waals surface area (Å²) < 4.78 is 32.1. The highest BCUT2D eigenvalue weighted by Gasteiger charge is 2.23. The number of carbonyl (C=O) groups excluding carboxylic acids is 1. The minimum absolute atomic E-state index is 0.198. The predicted molar refractivity (Wildman–Crippen MR) is 105 cm³/mol. The lowest BCUT2D eigenvalue weighted by atomic mass is 10.2. The van der Waals surface area contributed by atoms with Crippen molar-refractivity contribution in [3.8, 4) is 0 Å². The highest BCUT2D eigenvalue weighted by atomic mass is 32.2. The lowest BCUT2D eigenvalue weighted by Crippen LogP contribution is -2.47. The molecule has 1 aromatic carbocycles. The summed E-state index contributed by atoms with van der Waals surface area (Å²) in [6.45, 7) is 11.6. The molecule has 1 N–H and O–H groups in total. The van der Waals surface area contributed by atoms with Crippen LogP contribution in [0, 0.1) is 0 Å². The normalized spacial score (nSPS) is 21.4. The van der Waals surface area contributed by atoms with Gasteiger partial charge in [-0.25, -0.2) is 8.42 Å². The van der Waals surface area contributed by atoms with Gasteiger partial charge in [-0.05, 0) is 38.1 Å². The van der Waals surface area contributed by atoms with Crippen LogP contribution in [0.5, 0.6) is 0 Å². The first-order valence-corrected chi connectivity index (χ1v) is 11.0. The molecule has 0 bridgehead atoms. The number of benzene rings is 1. The van der Waals surface area contributed by atoms with Crippen LogP contribution >= 0.6 is 0 Å². The van der Waals surface area contributed by atoms with Gasteiger partial charge in [-0.3, -0.25) is 9.69 Å². The Morgan fingerprint density at radius 1 is 1.15 bits per heavy atom. The van der Waals surface area contributed by atoms with E-state index in [2.05, 4.69) is 24.1 Å². The smallest absolute Gasteiger partial charge is 0.251 e. The minimum atomic E-state index is -3.50. The maximum absolute atomic E-state index is 12.5. The Kier molecular flexibility index (Phi) is 7.79. The van der Waals surface area contributed by atoms with Gasteiger partial charge < -0.3 is 10.1 Å². The van der Waals surface area contributed by atoms with Crippen LogP contribution in [0.3, 0.4) is 0 Å². The number of morpholine rings is 1. The third kappa shape index (κ3) is 5.75. The molecule has 0 aliphatic carbocycles. The largest absolute Gasteiger partial charge is 0.373 e. The molecule has 1 aromatic rings. The number of sulfonamides is 1. The fourth-order valence-electron chi connectivity index (χ4n) is 3.39. The van der Waals surface area contributed by atoms with Crippen LogP contribution in [0.2, 0.25) is 0 Å². The Bertz CT molecular complexity index is 707. The molecular formula is C19H31N3O4S. The first-order valence-electron chi connectivity index (χ1n) is 9.54. The van der Waals surface area contributed by atoms with Gasteiger partial charge in [0.05, 0.1) is 17.1 Å². The zero-order valence-corrected chi connectivity index (χ0v) is 17.5. The second-order valence-electron chi connectivity index (χ2n) is 6.89. The average Bonchev–Trinajstić information content (AvgIpc) is 2.61. The summed E-state index contributed by atoms with van der Waals surface area (Å²) in [5.41, 5.74) is 0.456. The van der Waals surface area contributed by atoms with Gasteiger partial charge in [-0.15, -0.1) is 0 Å². The van der Waals surface area contributed by atoms with E-state index in [0.717, 1.165) is 19.6 Å². The van der Waals surface area contributed by atoms with Crippen molar-refractivity contribution >= 4 is 15.9 Å². The van der Waals surface area contributed by atoms with Gasteiger partial charge >= 0.3 is 0 Å². The molecule has 2 rings (SSSR count). The molecular weight excluding hydrogens is 366 g/mol. The van der Waals surface area contributed by atoms with Crippen molar-refractivity contribution in [2.45, 2.75) is 44.8 Å². The van der Waals surface area contributed by atoms with Crippen LogP contribution in [0.15, 0.2) is 29.2 Å². The predicted octanol–water partition coefficient (Wildman–Crippen LogP) is 1.56. The number of hydrogen-bond donors (Lipinski definition) is 1. The van der Waals surface area contributed by atoms with E-state index in [1.165, 1.54) is 16.4 Å². The molecule has 8 heteroatoms. The first kappa shape index (κ1) is 21.8. The molecule has 27 heavy (non-hydrogen) atoms. The van der Waals surface area contributed by atoms with Crippen LogP contribution in [-0.2, 0) is 14.8 Å². The first-order chi connectivity index (χ1) is 12.8. The molecule has 0 radical (unpaired) electrons. The Morgan fingerprint density at radius 3 is 2.22 bits per heavy atom. The van der Waals surface area contributed by atoms with Crippen LogP contribution < -0.4 is 5.32 Å². The van der Waals surface area contributed by atoms with Gasteiger partial charge in [-0.2, -0.15) is 4.31 Å². The summed E-state index contributed by atoms with van der Waals surface area (Å²) in [5, 5.41) is 2.90. The van der Waals surface area contributed by atoms with Gasteiger partial charge in [0, 0.05) is 44.8 Å². The summed E-state index contributed by atoms with van der Waals surface area (Å²) in [6, 6.07) is 6.11. The number of ether oxygens (including phenoxy) is 1. The van der Waals surface area contributed by atoms with E-state index in [1.54, 1.807) is 26.0 Å². The third-order valence-electron chi connectivity index (χ3n) is 4.67. The van der Waals surface area contributed by atoms with Crippen molar-refractivity contribution in [2.24, 2.45) is 0 Å². The Labute approximate surface area is 162 Å². The number of nitrogens with one attached hydrogen (secondary N) is 1. The maximum atomic E-state index is 12.5. The SMILES string of the molecule is CCN(CC)S(=O)(=O)c1ccc(C(=O)NCCN2C[C@H](C)O[C@@H](C)C2)cc1. The molecule has 1 saturated heterocycles. The van der Waals surface area contributed by atoms with Crippen molar-refractivity contribution in [3.05, 3.63) is 29.8 Å². The number of amides is 1. The topological polar surface area (TPSA) is 79.0 Å². The van der Waals surface area contributed by atoms with Crippen molar-refractivity contribution in [3.63, 3.8) is 0 Å². The minimum Gasteiger partial charge on any atom is -0.373 e. The van der Waals surface area contributed by atoms with Gasteiger partial charge in [0.2, 0.25) is 10.0 Å². The molecule has 1 aliphatic rings. The fourth-order valence-corrected chi connectivity index (χ4v) is 4.85. The van der Waals surface area contributed by atoms with E-state index in [0.29, 0.717) is 25.2 Å². The molecule has 1 fully saturated rings. The summed E-state index contributed by atoms with van der Waals surface area (Å²) in [7, 11) is -3.50. The van der Waals surface area contributed by atoms with E-state index in [-0.39, 0.29) is 23.0 Å².